The summed E-state index contributed by atoms with van der Waals surface area (Å²) in [5.74, 6) is 0.553. The monoisotopic (exact) mass is 281 g/mol. The predicted octanol–water partition coefficient (Wildman–Crippen LogP) is 1.39. The Morgan fingerprint density at radius 3 is 2.00 bits per heavy atom. The number of carbonyl (C=O) groups excluding carboxylic acids is 2. The Bertz CT molecular complexity index is 408. The van der Waals surface area contributed by atoms with Crippen LogP contribution in [0.15, 0.2) is 0 Å². The summed E-state index contributed by atoms with van der Waals surface area (Å²) in [5.41, 5.74) is 6.47. The van der Waals surface area contributed by atoms with E-state index < -0.39 is 0 Å². The number of hydrogen-bond acceptors (Lipinski definition) is 5. The van der Waals surface area contributed by atoms with Crippen LogP contribution < -0.4 is 5.73 Å². The van der Waals surface area contributed by atoms with E-state index in [1.807, 2.05) is 0 Å². The molecule has 3 saturated carbocycles. The number of hydrogen-bond donors (Lipinski definition) is 1. The van der Waals surface area contributed by atoms with Crippen LogP contribution in [0.25, 0.3) is 0 Å². The summed E-state index contributed by atoms with van der Waals surface area (Å²) in [7, 11) is 0. The van der Waals surface area contributed by atoms with Crippen LogP contribution in [0, 0.1) is 17.3 Å². The molecule has 5 unspecified atom stereocenters. The Morgan fingerprint density at radius 2 is 1.60 bits per heavy atom. The van der Waals surface area contributed by atoms with Gasteiger partial charge in [0.25, 0.3) is 0 Å². The van der Waals surface area contributed by atoms with E-state index in [1.54, 1.807) is 0 Å². The van der Waals surface area contributed by atoms with Crippen molar-refractivity contribution in [2.24, 2.45) is 23.0 Å². The molecule has 0 aromatic carbocycles. The second kappa shape index (κ2) is 4.72. The Morgan fingerprint density at radius 1 is 1.05 bits per heavy atom. The van der Waals surface area contributed by atoms with E-state index in [2.05, 4.69) is 0 Å². The topological polar surface area (TPSA) is 78.6 Å². The molecule has 1 spiro atoms. The summed E-state index contributed by atoms with van der Waals surface area (Å²) in [6, 6.07) is 0.153. The van der Waals surface area contributed by atoms with E-state index in [0.29, 0.717) is 11.8 Å². The molecule has 2 bridgehead atoms. The van der Waals surface area contributed by atoms with Crippen molar-refractivity contribution in [2.45, 2.75) is 64.2 Å². The molecule has 0 amide bonds. The van der Waals surface area contributed by atoms with Gasteiger partial charge in [-0.15, -0.1) is 0 Å². The molecule has 0 aromatic heterocycles. The number of ether oxygens (including phenoxy) is 2. The minimum absolute atomic E-state index is 0.00313. The van der Waals surface area contributed by atoms with Gasteiger partial charge in [0.1, 0.15) is 12.2 Å². The fourth-order valence-electron chi connectivity index (χ4n) is 4.97. The van der Waals surface area contributed by atoms with E-state index in [4.69, 9.17) is 15.2 Å². The minimum atomic E-state index is -0.332. The van der Waals surface area contributed by atoms with Crippen molar-refractivity contribution in [3.05, 3.63) is 0 Å². The highest BCUT2D eigenvalue weighted by Crippen LogP contribution is 2.62. The lowest BCUT2D eigenvalue weighted by molar-refractivity contribution is -0.162. The average molecular weight is 281 g/mol. The van der Waals surface area contributed by atoms with Crippen LogP contribution in [0.2, 0.25) is 0 Å². The van der Waals surface area contributed by atoms with Crippen molar-refractivity contribution in [3.8, 4) is 0 Å². The Labute approximate surface area is 119 Å². The molecule has 112 valence electrons. The van der Waals surface area contributed by atoms with Gasteiger partial charge in [-0.05, 0) is 49.4 Å². The fourth-order valence-corrected chi connectivity index (χ4v) is 4.97. The molecular formula is C15H23NO4. The van der Waals surface area contributed by atoms with Gasteiger partial charge in [-0.1, -0.05) is 0 Å². The first-order chi connectivity index (χ1) is 9.42. The SMILES string of the molecule is CC(=O)OC1CC2(CC1OC(C)=O)C1CCC(C1)C2N. The standard InChI is InChI=1S/C15H23NO4/c1-8(17)19-12-6-15(7-13(12)20-9(2)18)11-4-3-10(5-11)14(15)16/h10-14H,3-7,16H2,1-2H3. The highest BCUT2D eigenvalue weighted by atomic mass is 16.6. The van der Waals surface area contributed by atoms with Crippen molar-refractivity contribution < 1.29 is 19.1 Å². The predicted molar refractivity (Wildman–Crippen MR) is 71.6 cm³/mol. The fraction of sp³-hybridized carbons (Fsp3) is 0.867. The Kier molecular flexibility index (Phi) is 3.27. The molecule has 0 saturated heterocycles. The molecule has 20 heavy (non-hydrogen) atoms. The molecule has 3 aliphatic rings. The van der Waals surface area contributed by atoms with Crippen LogP contribution in [0.1, 0.15) is 46.0 Å². The lowest BCUT2D eigenvalue weighted by Gasteiger charge is -2.39. The van der Waals surface area contributed by atoms with Crippen molar-refractivity contribution in [3.63, 3.8) is 0 Å². The van der Waals surface area contributed by atoms with Crippen LogP contribution in [0.5, 0.6) is 0 Å². The average Bonchev–Trinajstić information content (AvgIpc) is 2.98. The van der Waals surface area contributed by atoms with Crippen molar-refractivity contribution >= 4 is 11.9 Å². The Balaban J connectivity index is 1.81. The highest BCUT2D eigenvalue weighted by molar-refractivity contribution is 5.67. The number of rotatable bonds is 2. The smallest absolute Gasteiger partial charge is 0.303 e. The van der Waals surface area contributed by atoms with Gasteiger partial charge >= 0.3 is 11.9 Å². The second-order valence-corrected chi connectivity index (χ2v) is 6.73. The maximum Gasteiger partial charge on any atom is 0.303 e. The maximum atomic E-state index is 11.3. The lowest BCUT2D eigenvalue weighted by Crippen LogP contribution is -2.45. The van der Waals surface area contributed by atoms with E-state index in [0.717, 1.165) is 12.8 Å². The molecule has 5 heteroatoms. The van der Waals surface area contributed by atoms with Gasteiger partial charge in [0, 0.05) is 19.9 Å². The van der Waals surface area contributed by atoms with Crippen molar-refractivity contribution in [2.75, 3.05) is 0 Å². The van der Waals surface area contributed by atoms with E-state index in [1.165, 1.54) is 33.1 Å². The first-order valence-corrected chi connectivity index (χ1v) is 7.52. The lowest BCUT2D eigenvalue weighted by atomic mass is 9.69. The quantitative estimate of drug-likeness (QED) is 0.774. The number of nitrogens with two attached hydrogens (primary N) is 1. The third-order valence-corrected chi connectivity index (χ3v) is 5.67. The molecule has 3 aliphatic carbocycles. The van der Waals surface area contributed by atoms with Crippen molar-refractivity contribution in [1.82, 2.24) is 0 Å². The summed E-state index contributed by atoms with van der Waals surface area (Å²) in [6.07, 6.45) is 4.42. The molecule has 0 heterocycles. The van der Waals surface area contributed by atoms with E-state index in [9.17, 15) is 9.59 Å². The summed E-state index contributed by atoms with van der Waals surface area (Å²) in [4.78, 5) is 22.6. The van der Waals surface area contributed by atoms with Crippen LogP contribution in [-0.2, 0) is 19.1 Å². The van der Waals surface area contributed by atoms with Crippen LogP contribution in [0.4, 0.5) is 0 Å². The summed E-state index contributed by atoms with van der Waals surface area (Å²) < 4.78 is 10.8. The Hall–Kier alpha value is -1.10. The molecule has 5 nitrogen and oxygen atoms in total. The number of carbonyl (C=O) groups is 2. The van der Waals surface area contributed by atoms with Crippen LogP contribution in [0.3, 0.4) is 0 Å². The summed E-state index contributed by atoms with van der Waals surface area (Å²) >= 11 is 0. The normalized spacial score (nSPS) is 45.9. The molecule has 2 N–H and O–H groups in total. The number of esters is 2. The van der Waals surface area contributed by atoms with Crippen LogP contribution in [-0.4, -0.2) is 30.2 Å². The molecule has 3 fully saturated rings. The minimum Gasteiger partial charge on any atom is -0.459 e. The van der Waals surface area contributed by atoms with Gasteiger partial charge in [-0.3, -0.25) is 9.59 Å². The molecule has 0 aromatic rings. The summed E-state index contributed by atoms with van der Waals surface area (Å²) in [6.45, 7) is 2.80. The third kappa shape index (κ3) is 2.03. The van der Waals surface area contributed by atoms with Gasteiger partial charge < -0.3 is 15.2 Å². The molecular weight excluding hydrogens is 258 g/mol. The zero-order valence-corrected chi connectivity index (χ0v) is 12.1. The zero-order valence-electron chi connectivity index (χ0n) is 12.1. The van der Waals surface area contributed by atoms with Gasteiger partial charge in [-0.2, -0.15) is 0 Å². The first-order valence-electron chi connectivity index (χ1n) is 7.52. The largest absolute Gasteiger partial charge is 0.459 e. The maximum absolute atomic E-state index is 11.3. The van der Waals surface area contributed by atoms with Gasteiger partial charge in [0.2, 0.25) is 0 Å². The van der Waals surface area contributed by atoms with Gasteiger partial charge in [-0.25, -0.2) is 0 Å². The molecule has 5 atom stereocenters. The van der Waals surface area contributed by atoms with Gasteiger partial charge in [0.15, 0.2) is 0 Å². The molecule has 0 radical (unpaired) electrons. The van der Waals surface area contributed by atoms with E-state index >= 15 is 0 Å². The third-order valence-electron chi connectivity index (χ3n) is 5.67. The zero-order chi connectivity index (χ0) is 14.5. The first kappa shape index (κ1) is 13.9. The van der Waals surface area contributed by atoms with E-state index in [-0.39, 0.29) is 35.6 Å². The van der Waals surface area contributed by atoms with Gasteiger partial charge in [0.05, 0.1) is 0 Å². The molecule has 0 aliphatic heterocycles. The summed E-state index contributed by atoms with van der Waals surface area (Å²) in [5, 5.41) is 0. The highest BCUT2D eigenvalue weighted by Gasteiger charge is 2.62. The number of fused-ring (bicyclic) bond motifs is 3. The van der Waals surface area contributed by atoms with Crippen LogP contribution >= 0.6 is 0 Å². The van der Waals surface area contributed by atoms with Crippen molar-refractivity contribution in [1.29, 1.82) is 0 Å². The second-order valence-electron chi connectivity index (χ2n) is 6.73. The molecule has 3 rings (SSSR count).